The van der Waals surface area contributed by atoms with E-state index >= 15 is 0 Å². The fourth-order valence-electron chi connectivity index (χ4n) is 1.42. The van der Waals surface area contributed by atoms with E-state index in [1.54, 1.807) is 19.1 Å². The molecule has 17 heavy (non-hydrogen) atoms. The number of hydrogen-bond donors (Lipinski definition) is 2. The second-order valence-electron chi connectivity index (χ2n) is 3.65. The molecule has 0 saturated heterocycles. The molecule has 0 aliphatic heterocycles. The first-order valence-electron chi connectivity index (χ1n) is 5.01. The van der Waals surface area contributed by atoms with E-state index in [4.69, 9.17) is 5.73 Å². The Morgan fingerprint density at radius 2 is 1.76 bits per heavy atom. The van der Waals surface area contributed by atoms with E-state index in [1.807, 2.05) is 0 Å². The Bertz CT molecular complexity index is 535. The number of benzene rings is 1. The molecule has 0 unspecified atom stereocenters. The zero-order valence-corrected chi connectivity index (χ0v) is 9.17. The maximum atomic E-state index is 13.0. The third-order valence-electron chi connectivity index (χ3n) is 2.26. The summed E-state index contributed by atoms with van der Waals surface area (Å²) >= 11 is 0. The van der Waals surface area contributed by atoms with Gasteiger partial charge in [-0.25, -0.2) is 13.8 Å². The van der Waals surface area contributed by atoms with Gasteiger partial charge in [0.2, 0.25) is 0 Å². The minimum atomic E-state index is -0.639. The molecule has 1 heterocycles. The highest BCUT2D eigenvalue weighted by molar-refractivity contribution is 5.58. The van der Waals surface area contributed by atoms with Gasteiger partial charge in [0.05, 0.1) is 11.4 Å². The van der Waals surface area contributed by atoms with Gasteiger partial charge in [-0.05, 0) is 31.2 Å². The number of pyridine rings is 1. The molecule has 2 aromatic rings. The summed E-state index contributed by atoms with van der Waals surface area (Å²) in [6, 6.07) is 6.52. The highest BCUT2D eigenvalue weighted by Gasteiger charge is 2.03. The minimum absolute atomic E-state index is 0.305. The van der Waals surface area contributed by atoms with Crippen LogP contribution in [-0.4, -0.2) is 4.98 Å². The highest BCUT2D eigenvalue weighted by Crippen LogP contribution is 2.19. The molecule has 5 heteroatoms. The number of nitrogens with two attached hydrogens (primary N) is 1. The van der Waals surface area contributed by atoms with E-state index in [1.165, 1.54) is 12.1 Å². The fourth-order valence-corrected chi connectivity index (χ4v) is 1.42. The Kier molecular flexibility index (Phi) is 2.91. The van der Waals surface area contributed by atoms with Gasteiger partial charge in [0.1, 0.15) is 17.5 Å². The van der Waals surface area contributed by atoms with Gasteiger partial charge in [0.15, 0.2) is 0 Å². The van der Waals surface area contributed by atoms with Crippen LogP contribution in [0.1, 0.15) is 5.69 Å². The lowest BCUT2D eigenvalue weighted by atomic mass is 10.3. The number of nitrogens with one attached hydrogen (secondary N) is 1. The lowest BCUT2D eigenvalue weighted by Crippen LogP contribution is -1.99. The molecule has 0 amide bonds. The predicted molar refractivity (Wildman–Crippen MR) is 63.0 cm³/mol. The molecule has 0 saturated carbocycles. The molecule has 0 atom stereocenters. The maximum Gasteiger partial charge on any atom is 0.130 e. The number of hydrogen-bond acceptors (Lipinski definition) is 3. The standard InChI is InChI=1S/C12H11F2N3/c1-7-11(15)2-3-12(16-7)17-10-5-8(13)4-9(14)6-10/h2-6H,15H2,1H3,(H,16,17). The quantitative estimate of drug-likeness (QED) is 0.841. The van der Waals surface area contributed by atoms with Gasteiger partial charge in [-0.2, -0.15) is 0 Å². The lowest BCUT2D eigenvalue weighted by Gasteiger charge is -2.07. The summed E-state index contributed by atoms with van der Waals surface area (Å²) in [5.41, 5.74) is 7.15. The first-order valence-corrected chi connectivity index (χ1v) is 5.01. The van der Waals surface area contributed by atoms with Crippen molar-refractivity contribution in [2.24, 2.45) is 0 Å². The Labute approximate surface area is 97.3 Å². The molecule has 0 fully saturated rings. The second kappa shape index (κ2) is 4.37. The molecular formula is C12H11F2N3. The molecule has 88 valence electrons. The van der Waals surface area contributed by atoms with Crippen LogP contribution in [0.5, 0.6) is 0 Å². The summed E-state index contributed by atoms with van der Waals surface area (Å²) < 4.78 is 25.9. The monoisotopic (exact) mass is 235 g/mol. The molecule has 1 aromatic heterocycles. The number of aryl methyl sites for hydroxylation is 1. The SMILES string of the molecule is Cc1nc(Nc2cc(F)cc(F)c2)ccc1N. The Balaban J connectivity index is 2.28. The van der Waals surface area contributed by atoms with Crippen molar-refractivity contribution in [3.63, 3.8) is 0 Å². The molecule has 0 aliphatic rings. The smallest absolute Gasteiger partial charge is 0.130 e. The zero-order chi connectivity index (χ0) is 12.4. The van der Waals surface area contributed by atoms with Crippen molar-refractivity contribution in [2.45, 2.75) is 6.92 Å². The summed E-state index contributed by atoms with van der Waals surface area (Å²) in [5, 5.41) is 2.81. The molecule has 1 aromatic carbocycles. The molecule has 3 N–H and O–H groups in total. The largest absolute Gasteiger partial charge is 0.397 e. The van der Waals surface area contributed by atoms with Crippen LogP contribution in [0.4, 0.5) is 26.0 Å². The van der Waals surface area contributed by atoms with Crippen molar-refractivity contribution in [3.8, 4) is 0 Å². The summed E-state index contributed by atoms with van der Waals surface area (Å²) in [4.78, 5) is 4.15. The van der Waals surface area contributed by atoms with Crippen LogP contribution in [0.15, 0.2) is 30.3 Å². The van der Waals surface area contributed by atoms with Crippen LogP contribution in [0.25, 0.3) is 0 Å². The molecule has 2 rings (SSSR count). The average Bonchev–Trinajstić information content (AvgIpc) is 2.22. The highest BCUT2D eigenvalue weighted by atomic mass is 19.1. The third-order valence-corrected chi connectivity index (χ3v) is 2.26. The fraction of sp³-hybridized carbons (Fsp3) is 0.0833. The number of aromatic nitrogens is 1. The average molecular weight is 235 g/mol. The first kappa shape index (κ1) is 11.3. The third kappa shape index (κ3) is 2.69. The molecular weight excluding hydrogens is 224 g/mol. The number of nitrogens with zero attached hydrogens (tertiary/aromatic N) is 1. The van der Waals surface area contributed by atoms with E-state index in [9.17, 15) is 8.78 Å². The predicted octanol–water partition coefficient (Wildman–Crippen LogP) is 2.99. The van der Waals surface area contributed by atoms with Gasteiger partial charge in [0, 0.05) is 11.8 Å². The second-order valence-corrected chi connectivity index (χ2v) is 3.65. The van der Waals surface area contributed by atoms with Gasteiger partial charge >= 0.3 is 0 Å². The van der Waals surface area contributed by atoms with E-state index in [2.05, 4.69) is 10.3 Å². The molecule has 0 bridgehead atoms. The van der Waals surface area contributed by atoms with E-state index < -0.39 is 11.6 Å². The van der Waals surface area contributed by atoms with Gasteiger partial charge in [-0.15, -0.1) is 0 Å². The number of halogens is 2. The first-order chi connectivity index (χ1) is 8.04. The van der Waals surface area contributed by atoms with Crippen molar-refractivity contribution < 1.29 is 8.78 Å². The van der Waals surface area contributed by atoms with Crippen molar-refractivity contribution in [2.75, 3.05) is 11.1 Å². The van der Waals surface area contributed by atoms with Gasteiger partial charge in [-0.1, -0.05) is 0 Å². The number of anilines is 3. The van der Waals surface area contributed by atoms with Gasteiger partial charge in [-0.3, -0.25) is 0 Å². The number of nitrogen functional groups attached to an aromatic ring is 1. The Morgan fingerprint density at radius 1 is 1.12 bits per heavy atom. The zero-order valence-electron chi connectivity index (χ0n) is 9.17. The Morgan fingerprint density at radius 3 is 2.35 bits per heavy atom. The number of rotatable bonds is 2. The van der Waals surface area contributed by atoms with Crippen LogP contribution < -0.4 is 11.1 Å². The summed E-state index contributed by atoms with van der Waals surface area (Å²) in [6.07, 6.45) is 0. The van der Waals surface area contributed by atoms with E-state index in [-0.39, 0.29) is 0 Å². The topological polar surface area (TPSA) is 50.9 Å². The van der Waals surface area contributed by atoms with Crippen LogP contribution in [-0.2, 0) is 0 Å². The Hall–Kier alpha value is -2.17. The van der Waals surface area contributed by atoms with Crippen LogP contribution in [0.2, 0.25) is 0 Å². The van der Waals surface area contributed by atoms with Crippen molar-refractivity contribution in [1.82, 2.24) is 4.98 Å². The van der Waals surface area contributed by atoms with Gasteiger partial charge in [0.25, 0.3) is 0 Å². The molecule has 0 aliphatic carbocycles. The van der Waals surface area contributed by atoms with E-state index in [0.29, 0.717) is 22.9 Å². The lowest BCUT2D eigenvalue weighted by molar-refractivity contribution is 0.584. The van der Waals surface area contributed by atoms with Crippen molar-refractivity contribution in [1.29, 1.82) is 0 Å². The molecule has 0 spiro atoms. The maximum absolute atomic E-state index is 13.0. The molecule has 0 radical (unpaired) electrons. The summed E-state index contributed by atoms with van der Waals surface area (Å²) in [5.74, 6) is -0.791. The van der Waals surface area contributed by atoms with Crippen LogP contribution in [0.3, 0.4) is 0 Å². The summed E-state index contributed by atoms with van der Waals surface area (Å²) in [6.45, 7) is 1.76. The molecule has 3 nitrogen and oxygen atoms in total. The van der Waals surface area contributed by atoms with Gasteiger partial charge < -0.3 is 11.1 Å². The van der Waals surface area contributed by atoms with E-state index in [0.717, 1.165) is 6.07 Å². The normalized spacial score (nSPS) is 10.3. The van der Waals surface area contributed by atoms with Crippen molar-refractivity contribution >= 4 is 17.2 Å². The van der Waals surface area contributed by atoms with Crippen LogP contribution >= 0.6 is 0 Å². The van der Waals surface area contributed by atoms with Crippen LogP contribution in [0, 0.1) is 18.6 Å². The minimum Gasteiger partial charge on any atom is -0.397 e. The van der Waals surface area contributed by atoms with Crippen molar-refractivity contribution in [3.05, 3.63) is 47.7 Å². The summed E-state index contributed by atoms with van der Waals surface area (Å²) in [7, 11) is 0.